The van der Waals surface area contributed by atoms with Gasteiger partial charge in [-0.05, 0) is 53.3 Å². The predicted molar refractivity (Wildman–Crippen MR) is 71.5 cm³/mol. The van der Waals surface area contributed by atoms with E-state index in [9.17, 15) is 0 Å². The standard InChI is InChI=1S/C12H11IN2O/c1-8-7-11(13)14-15-12(8)9-5-3-4-6-10(9)16-2/h3-7H,1-2H3. The number of ether oxygens (including phenoxy) is 1. The second-order valence-electron chi connectivity index (χ2n) is 3.40. The molecule has 1 aromatic heterocycles. The van der Waals surface area contributed by atoms with Crippen molar-refractivity contribution in [3.8, 4) is 17.0 Å². The van der Waals surface area contributed by atoms with Crippen molar-refractivity contribution in [1.29, 1.82) is 0 Å². The molecule has 16 heavy (non-hydrogen) atoms. The maximum absolute atomic E-state index is 5.32. The first kappa shape index (κ1) is 11.3. The van der Waals surface area contributed by atoms with Gasteiger partial charge in [0, 0.05) is 5.56 Å². The van der Waals surface area contributed by atoms with E-state index in [-0.39, 0.29) is 0 Å². The quantitative estimate of drug-likeness (QED) is 0.796. The zero-order valence-corrected chi connectivity index (χ0v) is 11.2. The minimum Gasteiger partial charge on any atom is -0.496 e. The molecule has 0 aliphatic carbocycles. The lowest BCUT2D eigenvalue weighted by molar-refractivity contribution is 0.416. The van der Waals surface area contributed by atoms with Gasteiger partial charge in [-0.15, -0.1) is 10.2 Å². The van der Waals surface area contributed by atoms with Crippen molar-refractivity contribution in [2.75, 3.05) is 7.11 Å². The fraction of sp³-hybridized carbons (Fsp3) is 0.167. The number of nitrogens with zero attached hydrogens (tertiary/aromatic N) is 2. The molecule has 0 amide bonds. The Morgan fingerprint density at radius 3 is 2.62 bits per heavy atom. The summed E-state index contributed by atoms with van der Waals surface area (Å²) in [5, 5.41) is 8.29. The average Bonchev–Trinajstić information content (AvgIpc) is 2.29. The third-order valence-electron chi connectivity index (χ3n) is 2.32. The Morgan fingerprint density at radius 2 is 1.94 bits per heavy atom. The third-order valence-corrected chi connectivity index (χ3v) is 2.84. The second kappa shape index (κ2) is 4.78. The number of hydrogen-bond donors (Lipinski definition) is 0. The van der Waals surface area contributed by atoms with Crippen LogP contribution in [0.3, 0.4) is 0 Å². The number of aryl methyl sites for hydroxylation is 1. The summed E-state index contributed by atoms with van der Waals surface area (Å²) in [7, 11) is 1.66. The zero-order valence-electron chi connectivity index (χ0n) is 9.07. The van der Waals surface area contributed by atoms with E-state index in [4.69, 9.17) is 4.74 Å². The van der Waals surface area contributed by atoms with Crippen LogP contribution in [-0.4, -0.2) is 17.3 Å². The molecule has 2 rings (SSSR count). The van der Waals surface area contributed by atoms with Crippen molar-refractivity contribution in [1.82, 2.24) is 10.2 Å². The minimum absolute atomic E-state index is 0.820. The van der Waals surface area contributed by atoms with Crippen LogP contribution in [0.15, 0.2) is 30.3 Å². The van der Waals surface area contributed by atoms with E-state index in [0.717, 1.165) is 26.3 Å². The first-order valence-electron chi connectivity index (χ1n) is 4.85. The van der Waals surface area contributed by atoms with Crippen LogP contribution in [0.1, 0.15) is 5.56 Å². The largest absolute Gasteiger partial charge is 0.496 e. The third kappa shape index (κ3) is 2.16. The molecule has 1 aromatic carbocycles. The van der Waals surface area contributed by atoms with Gasteiger partial charge in [-0.3, -0.25) is 0 Å². The van der Waals surface area contributed by atoms with E-state index in [1.165, 1.54) is 0 Å². The molecule has 0 fully saturated rings. The molecule has 3 nitrogen and oxygen atoms in total. The van der Waals surface area contributed by atoms with Crippen LogP contribution in [0.5, 0.6) is 5.75 Å². The molecule has 82 valence electrons. The number of para-hydroxylation sites is 1. The van der Waals surface area contributed by atoms with E-state index in [1.807, 2.05) is 37.3 Å². The van der Waals surface area contributed by atoms with Crippen LogP contribution < -0.4 is 4.74 Å². The predicted octanol–water partition coefficient (Wildman–Crippen LogP) is 3.07. The molecule has 0 spiro atoms. The molecular formula is C12H11IN2O. The Labute approximate surface area is 108 Å². The second-order valence-corrected chi connectivity index (χ2v) is 4.50. The maximum atomic E-state index is 5.32. The van der Waals surface area contributed by atoms with E-state index in [2.05, 4.69) is 32.8 Å². The number of methoxy groups -OCH3 is 1. The summed E-state index contributed by atoms with van der Waals surface area (Å²) in [6, 6.07) is 9.83. The number of hydrogen-bond acceptors (Lipinski definition) is 3. The van der Waals surface area contributed by atoms with Crippen molar-refractivity contribution in [3.63, 3.8) is 0 Å². The molecule has 0 saturated heterocycles. The summed E-state index contributed by atoms with van der Waals surface area (Å²) in [4.78, 5) is 0. The van der Waals surface area contributed by atoms with Gasteiger partial charge in [0.25, 0.3) is 0 Å². The van der Waals surface area contributed by atoms with Crippen molar-refractivity contribution >= 4 is 22.6 Å². The van der Waals surface area contributed by atoms with Crippen LogP contribution in [0.25, 0.3) is 11.3 Å². The topological polar surface area (TPSA) is 35.0 Å². The lowest BCUT2D eigenvalue weighted by Gasteiger charge is -2.09. The fourth-order valence-corrected chi connectivity index (χ4v) is 2.13. The summed E-state index contributed by atoms with van der Waals surface area (Å²) in [5.41, 5.74) is 2.95. The summed E-state index contributed by atoms with van der Waals surface area (Å²) in [5.74, 6) is 0.820. The molecule has 0 saturated carbocycles. The zero-order chi connectivity index (χ0) is 11.5. The Bertz CT molecular complexity index is 514. The molecule has 0 radical (unpaired) electrons. The van der Waals surface area contributed by atoms with Gasteiger partial charge in [0.1, 0.15) is 9.45 Å². The molecule has 1 heterocycles. The van der Waals surface area contributed by atoms with E-state index in [1.54, 1.807) is 7.11 Å². The highest BCUT2D eigenvalue weighted by molar-refractivity contribution is 14.1. The van der Waals surface area contributed by atoms with Gasteiger partial charge < -0.3 is 4.74 Å². The fourth-order valence-electron chi connectivity index (χ4n) is 1.56. The number of benzene rings is 1. The van der Waals surface area contributed by atoms with Gasteiger partial charge in [0.15, 0.2) is 0 Å². The lowest BCUT2D eigenvalue weighted by Crippen LogP contribution is -1.96. The SMILES string of the molecule is COc1ccccc1-c1nnc(I)cc1C. The highest BCUT2D eigenvalue weighted by Gasteiger charge is 2.09. The van der Waals surface area contributed by atoms with E-state index < -0.39 is 0 Å². The number of halogens is 1. The van der Waals surface area contributed by atoms with Gasteiger partial charge >= 0.3 is 0 Å². The Hall–Kier alpha value is -1.17. The maximum Gasteiger partial charge on any atom is 0.128 e. The molecule has 0 bridgehead atoms. The molecule has 0 aliphatic heterocycles. The van der Waals surface area contributed by atoms with Crippen molar-refractivity contribution < 1.29 is 4.74 Å². The summed E-state index contributed by atoms with van der Waals surface area (Å²) in [6.07, 6.45) is 0. The average molecular weight is 326 g/mol. The molecular weight excluding hydrogens is 315 g/mol. The van der Waals surface area contributed by atoms with E-state index >= 15 is 0 Å². The number of aromatic nitrogens is 2. The van der Waals surface area contributed by atoms with Gasteiger partial charge in [0.05, 0.1) is 12.8 Å². The first-order valence-corrected chi connectivity index (χ1v) is 5.93. The van der Waals surface area contributed by atoms with Gasteiger partial charge in [0.2, 0.25) is 0 Å². The minimum atomic E-state index is 0.820. The molecule has 2 aromatic rings. The highest BCUT2D eigenvalue weighted by atomic mass is 127. The van der Waals surface area contributed by atoms with Crippen molar-refractivity contribution in [3.05, 3.63) is 39.6 Å². The van der Waals surface area contributed by atoms with Crippen LogP contribution in [0.2, 0.25) is 0 Å². The molecule has 0 N–H and O–H groups in total. The van der Waals surface area contributed by atoms with Crippen molar-refractivity contribution in [2.24, 2.45) is 0 Å². The molecule has 0 atom stereocenters. The van der Waals surface area contributed by atoms with Gasteiger partial charge in [-0.25, -0.2) is 0 Å². The molecule has 0 aliphatic rings. The normalized spacial score (nSPS) is 10.2. The Balaban J connectivity index is 2.58. The van der Waals surface area contributed by atoms with Crippen LogP contribution in [0, 0.1) is 10.6 Å². The van der Waals surface area contributed by atoms with Crippen LogP contribution in [-0.2, 0) is 0 Å². The monoisotopic (exact) mass is 326 g/mol. The van der Waals surface area contributed by atoms with Gasteiger partial charge in [-0.2, -0.15) is 0 Å². The van der Waals surface area contributed by atoms with Crippen LogP contribution in [0.4, 0.5) is 0 Å². The number of rotatable bonds is 2. The van der Waals surface area contributed by atoms with Crippen LogP contribution >= 0.6 is 22.6 Å². The Kier molecular flexibility index (Phi) is 3.38. The molecule has 0 unspecified atom stereocenters. The smallest absolute Gasteiger partial charge is 0.128 e. The Morgan fingerprint density at radius 1 is 1.19 bits per heavy atom. The van der Waals surface area contributed by atoms with E-state index in [0.29, 0.717) is 0 Å². The lowest BCUT2D eigenvalue weighted by atomic mass is 10.1. The van der Waals surface area contributed by atoms with Crippen molar-refractivity contribution in [2.45, 2.75) is 6.92 Å². The summed E-state index contributed by atoms with van der Waals surface area (Å²) < 4.78 is 6.21. The molecule has 4 heteroatoms. The summed E-state index contributed by atoms with van der Waals surface area (Å²) in [6.45, 7) is 2.03. The highest BCUT2D eigenvalue weighted by Crippen LogP contribution is 2.29. The summed E-state index contributed by atoms with van der Waals surface area (Å²) >= 11 is 2.15. The van der Waals surface area contributed by atoms with Gasteiger partial charge in [-0.1, -0.05) is 12.1 Å². The first-order chi connectivity index (χ1) is 7.72.